The summed E-state index contributed by atoms with van der Waals surface area (Å²) in [5.74, 6) is 0.182. The van der Waals surface area contributed by atoms with Gasteiger partial charge in [0.2, 0.25) is 5.91 Å². The lowest BCUT2D eigenvalue weighted by molar-refractivity contribution is -0.152. The van der Waals surface area contributed by atoms with Gasteiger partial charge in [-0.2, -0.15) is 0 Å². The lowest BCUT2D eigenvalue weighted by atomic mass is 9.92. The van der Waals surface area contributed by atoms with Gasteiger partial charge >= 0.3 is 0 Å². The first kappa shape index (κ1) is 18.8. The van der Waals surface area contributed by atoms with E-state index in [1.807, 2.05) is 11.0 Å². The monoisotopic (exact) mass is 376 g/mol. The molecule has 1 amide bonds. The summed E-state index contributed by atoms with van der Waals surface area (Å²) in [7, 11) is 0. The molecule has 1 aromatic rings. The van der Waals surface area contributed by atoms with Crippen LogP contribution in [-0.2, 0) is 20.9 Å². The Morgan fingerprint density at radius 2 is 1.81 bits per heavy atom. The van der Waals surface area contributed by atoms with E-state index >= 15 is 0 Å². The van der Waals surface area contributed by atoms with Crippen molar-refractivity contribution in [3.63, 3.8) is 0 Å². The Kier molecular flexibility index (Phi) is 6.05. The van der Waals surface area contributed by atoms with Gasteiger partial charge in [0.1, 0.15) is 5.82 Å². The number of halogens is 1. The Labute approximate surface area is 160 Å². The lowest BCUT2D eigenvalue weighted by Gasteiger charge is -2.43. The summed E-state index contributed by atoms with van der Waals surface area (Å²) in [5.41, 5.74) is 0.572. The van der Waals surface area contributed by atoms with E-state index in [2.05, 4.69) is 4.90 Å². The van der Waals surface area contributed by atoms with Crippen LogP contribution >= 0.6 is 0 Å². The minimum atomic E-state index is -0.235. The van der Waals surface area contributed by atoms with Crippen molar-refractivity contribution in [1.82, 2.24) is 9.80 Å². The van der Waals surface area contributed by atoms with Crippen LogP contribution in [-0.4, -0.2) is 67.2 Å². The molecule has 0 spiro atoms. The number of carbonyl (C=O) groups is 1. The highest BCUT2D eigenvalue weighted by Crippen LogP contribution is 2.26. The largest absolute Gasteiger partial charge is 0.381 e. The van der Waals surface area contributed by atoms with Gasteiger partial charge in [0, 0.05) is 43.8 Å². The van der Waals surface area contributed by atoms with Gasteiger partial charge in [-0.05, 0) is 44.8 Å². The molecule has 148 valence electrons. The third kappa shape index (κ3) is 4.50. The van der Waals surface area contributed by atoms with Crippen molar-refractivity contribution >= 4 is 5.91 Å². The van der Waals surface area contributed by atoms with Crippen molar-refractivity contribution in [2.75, 3.05) is 39.4 Å². The predicted octanol–water partition coefficient (Wildman–Crippen LogP) is 2.44. The van der Waals surface area contributed by atoms with Gasteiger partial charge in [-0.25, -0.2) is 4.39 Å². The SMILES string of the molecule is O=C(C1CCN(C2CCOCC2)CC1)N1CC(OCc2ccccc2F)C1. The van der Waals surface area contributed by atoms with Gasteiger partial charge in [-0.15, -0.1) is 0 Å². The fourth-order valence-electron chi connectivity index (χ4n) is 4.37. The average molecular weight is 376 g/mol. The summed E-state index contributed by atoms with van der Waals surface area (Å²) in [6, 6.07) is 7.31. The second kappa shape index (κ2) is 8.67. The Morgan fingerprint density at radius 1 is 1.11 bits per heavy atom. The molecule has 3 fully saturated rings. The Morgan fingerprint density at radius 3 is 2.52 bits per heavy atom. The predicted molar refractivity (Wildman–Crippen MR) is 99.7 cm³/mol. The van der Waals surface area contributed by atoms with Crippen molar-refractivity contribution in [3.05, 3.63) is 35.6 Å². The summed E-state index contributed by atoms with van der Waals surface area (Å²) in [6.07, 6.45) is 4.16. The molecule has 5 nitrogen and oxygen atoms in total. The highest BCUT2D eigenvalue weighted by Gasteiger charge is 2.37. The fraction of sp³-hybridized carbons (Fsp3) is 0.667. The van der Waals surface area contributed by atoms with Crippen molar-refractivity contribution in [3.8, 4) is 0 Å². The highest BCUT2D eigenvalue weighted by molar-refractivity contribution is 5.79. The molecule has 0 unspecified atom stereocenters. The summed E-state index contributed by atoms with van der Waals surface area (Å²) in [6.45, 7) is 5.30. The van der Waals surface area contributed by atoms with Gasteiger partial charge in [-0.3, -0.25) is 4.79 Å². The zero-order chi connectivity index (χ0) is 18.6. The third-order valence-electron chi connectivity index (χ3n) is 6.18. The summed E-state index contributed by atoms with van der Waals surface area (Å²) in [5, 5.41) is 0. The number of rotatable bonds is 5. The molecule has 0 atom stereocenters. The Bertz CT molecular complexity index is 636. The average Bonchev–Trinajstić information content (AvgIpc) is 2.69. The molecular weight excluding hydrogens is 347 g/mol. The highest BCUT2D eigenvalue weighted by atomic mass is 19.1. The van der Waals surface area contributed by atoms with Gasteiger partial charge < -0.3 is 19.3 Å². The molecule has 4 rings (SSSR count). The fourth-order valence-corrected chi connectivity index (χ4v) is 4.37. The minimum Gasteiger partial charge on any atom is -0.381 e. The second-order valence-corrected chi connectivity index (χ2v) is 7.92. The van der Waals surface area contributed by atoms with Gasteiger partial charge in [0.25, 0.3) is 0 Å². The number of amides is 1. The van der Waals surface area contributed by atoms with E-state index in [0.29, 0.717) is 24.7 Å². The number of ether oxygens (including phenoxy) is 2. The van der Waals surface area contributed by atoms with E-state index < -0.39 is 0 Å². The van der Waals surface area contributed by atoms with Crippen LogP contribution < -0.4 is 0 Å². The van der Waals surface area contributed by atoms with Crippen molar-refractivity contribution in [1.29, 1.82) is 0 Å². The van der Waals surface area contributed by atoms with Crippen LogP contribution in [0.2, 0.25) is 0 Å². The number of hydrogen-bond acceptors (Lipinski definition) is 4. The van der Waals surface area contributed by atoms with Gasteiger partial charge in [0.15, 0.2) is 0 Å². The second-order valence-electron chi connectivity index (χ2n) is 7.92. The first-order chi connectivity index (χ1) is 13.2. The minimum absolute atomic E-state index is 0.0240. The summed E-state index contributed by atoms with van der Waals surface area (Å²) in [4.78, 5) is 17.2. The number of piperidine rings is 1. The smallest absolute Gasteiger partial charge is 0.225 e. The van der Waals surface area contributed by atoms with Crippen molar-refractivity contribution < 1.29 is 18.7 Å². The zero-order valence-corrected chi connectivity index (χ0v) is 15.8. The number of carbonyl (C=O) groups excluding carboxylic acids is 1. The van der Waals surface area contributed by atoms with Gasteiger partial charge in [0.05, 0.1) is 12.7 Å². The molecular formula is C21H29FN2O3. The third-order valence-corrected chi connectivity index (χ3v) is 6.18. The molecule has 1 aromatic carbocycles. The van der Waals surface area contributed by atoms with E-state index in [-0.39, 0.29) is 30.4 Å². The quantitative estimate of drug-likeness (QED) is 0.792. The maximum atomic E-state index is 13.6. The standard InChI is InChI=1S/C21H29FN2O3/c22-20-4-2-1-3-17(20)15-27-19-13-24(14-19)21(25)16-5-9-23(10-6-16)18-7-11-26-12-8-18/h1-4,16,18-19H,5-15H2. The molecule has 0 aromatic heterocycles. The topological polar surface area (TPSA) is 42.0 Å². The molecule has 27 heavy (non-hydrogen) atoms. The molecule has 3 aliphatic rings. The van der Waals surface area contributed by atoms with Crippen LogP contribution in [0.3, 0.4) is 0 Å². The number of likely N-dealkylation sites (tertiary alicyclic amines) is 2. The van der Waals surface area contributed by atoms with E-state index in [1.54, 1.807) is 12.1 Å². The van der Waals surface area contributed by atoms with E-state index in [0.717, 1.165) is 52.0 Å². The number of nitrogens with zero attached hydrogens (tertiary/aromatic N) is 2. The van der Waals surface area contributed by atoms with Crippen LogP contribution in [0.4, 0.5) is 4.39 Å². The maximum Gasteiger partial charge on any atom is 0.225 e. The van der Waals surface area contributed by atoms with Crippen LogP contribution in [0.1, 0.15) is 31.2 Å². The lowest BCUT2D eigenvalue weighted by Crippen LogP contribution is -2.57. The van der Waals surface area contributed by atoms with Crippen LogP contribution in [0.15, 0.2) is 24.3 Å². The molecule has 6 heteroatoms. The zero-order valence-electron chi connectivity index (χ0n) is 15.8. The van der Waals surface area contributed by atoms with Crippen LogP contribution in [0, 0.1) is 11.7 Å². The maximum absolute atomic E-state index is 13.6. The van der Waals surface area contributed by atoms with Crippen LogP contribution in [0.25, 0.3) is 0 Å². The molecule has 0 radical (unpaired) electrons. The number of hydrogen-bond donors (Lipinski definition) is 0. The van der Waals surface area contributed by atoms with Crippen molar-refractivity contribution in [2.24, 2.45) is 5.92 Å². The number of benzene rings is 1. The summed E-state index contributed by atoms with van der Waals surface area (Å²) < 4.78 is 24.8. The molecule has 3 aliphatic heterocycles. The van der Waals surface area contributed by atoms with E-state index in [1.165, 1.54) is 6.07 Å². The van der Waals surface area contributed by atoms with E-state index in [4.69, 9.17) is 9.47 Å². The van der Waals surface area contributed by atoms with E-state index in [9.17, 15) is 9.18 Å². The van der Waals surface area contributed by atoms with Gasteiger partial charge in [-0.1, -0.05) is 18.2 Å². The molecule has 0 bridgehead atoms. The normalized spacial score (nSPS) is 23.4. The van der Waals surface area contributed by atoms with Crippen molar-refractivity contribution in [2.45, 2.75) is 44.4 Å². The molecule has 0 saturated carbocycles. The first-order valence-corrected chi connectivity index (χ1v) is 10.2. The molecule has 3 saturated heterocycles. The first-order valence-electron chi connectivity index (χ1n) is 10.2. The molecule has 3 heterocycles. The Hall–Kier alpha value is -1.50. The summed E-state index contributed by atoms with van der Waals surface area (Å²) >= 11 is 0. The molecule has 0 aliphatic carbocycles. The Balaban J connectivity index is 1.17. The molecule has 0 N–H and O–H groups in total. The van der Waals surface area contributed by atoms with Crippen LogP contribution in [0.5, 0.6) is 0 Å².